The molecule has 6 rings (SSSR count). The van der Waals surface area contributed by atoms with Crippen LogP contribution in [0.15, 0.2) is 82.0 Å². The van der Waals surface area contributed by atoms with Crippen molar-refractivity contribution >= 4 is 24.0 Å². The number of ether oxygens (including phenoxy) is 6. The molecule has 2 aromatic rings. The van der Waals surface area contributed by atoms with Crippen LogP contribution in [0.25, 0.3) is 28.7 Å². The van der Waals surface area contributed by atoms with Crippen LogP contribution >= 0.6 is 0 Å². The van der Waals surface area contributed by atoms with Gasteiger partial charge >= 0.3 is 17.9 Å². The zero-order valence-corrected chi connectivity index (χ0v) is 30.5. The standard InChI is InChI=1S/C39H38O20/c40-15-26-37(59-30(47)14-28(44)45)33(50)35(52)39(57-26)55-24-12-21(43)11-23-22(24)13-25(36(54-23)18-4-8-20(42)9-5-18)56-38-34(51)32(49)31(48)27(58-38)16-53-29(46)10-3-17-1-6-19(41)7-2-17/h1-13,26-27,31-35,37-42,48-52H,14-16H2,(H,44,45)/p+1. The third-order valence-corrected chi connectivity index (χ3v) is 9.16. The van der Waals surface area contributed by atoms with Gasteiger partial charge in [0.05, 0.1) is 18.2 Å². The van der Waals surface area contributed by atoms with Gasteiger partial charge in [0.1, 0.15) is 66.1 Å². The number of carboxylic acids is 1. The largest absolute Gasteiger partial charge is 0.510 e. The molecule has 3 aliphatic heterocycles. The number of hydrogen-bond donors (Lipinski definition) is 9. The molecule has 2 aromatic carbocycles. The van der Waals surface area contributed by atoms with Crippen molar-refractivity contribution in [3.8, 4) is 45.6 Å². The first kappa shape index (κ1) is 42.5. The Morgan fingerprint density at radius 3 is 2.02 bits per heavy atom. The maximum atomic E-state index is 12.9. The molecule has 2 saturated heterocycles. The Balaban J connectivity index is 1.28. The van der Waals surface area contributed by atoms with Crippen LogP contribution in [-0.4, -0.2) is 143 Å². The SMILES string of the molecule is O=C(O)CC(=O)OC1C(CO)OC(Oc2cc(=O)cc3oc(-c4ccc(O)cc4)c(OC4OC(COC(=[OH+])C=Cc5ccc(O)cc5)C(O)C(O)C4O)cc2-3)C(O)C1O. The van der Waals surface area contributed by atoms with Gasteiger partial charge in [-0.05, 0) is 54.1 Å². The van der Waals surface area contributed by atoms with Gasteiger partial charge < -0.3 is 83.6 Å². The molecule has 0 bridgehead atoms. The Kier molecular flexibility index (Phi) is 13.1. The highest BCUT2D eigenvalue weighted by molar-refractivity contribution is 5.90. The van der Waals surface area contributed by atoms with Crippen molar-refractivity contribution in [2.45, 2.75) is 67.8 Å². The number of esters is 2. The first-order valence-corrected chi connectivity index (χ1v) is 17.8. The number of benzene rings is 3. The summed E-state index contributed by atoms with van der Waals surface area (Å²) in [6.07, 6.45) is -16.2. The minimum absolute atomic E-state index is 0.0374. The van der Waals surface area contributed by atoms with Gasteiger partial charge in [-0.25, -0.2) is 0 Å². The Hall–Kier alpha value is -6.10. The van der Waals surface area contributed by atoms with Crippen LogP contribution in [-0.2, 0) is 28.5 Å². The molecule has 20 heteroatoms. The van der Waals surface area contributed by atoms with E-state index in [9.17, 15) is 60.0 Å². The second-order valence-corrected chi connectivity index (χ2v) is 13.4. The minimum Gasteiger partial charge on any atom is -0.508 e. The molecule has 20 nitrogen and oxygen atoms in total. The minimum atomic E-state index is -2.01. The van der Waals surface area contributed by atoms with Crippen molar-refractivity contribution < 1.29 is 93.2 Å². The third-order valence-electron chi connectivity index (χ3n) is 9.16. The van der Waals surface area contributed by atoms with Gasteiger partial charge in [0.2, 0.25) is 19.2 Å². The molecule has 0 spiro atoms. The fourth-order valence-corrected chi connectivity index (χ4v) is 6.14. The van der Waals surface area contributed by atoms with Crippen LogP contribution in [0.1, 0.15) is 12.0 Å². The summed E-state index contributed by atoms with van der Waals surface area (Å²) in [5.74, 6) is -4.36. The number of rotatable bonds is 13. The van der Waals surface area contributed by atoms with Gasteiger partial charge in [-0.1, -0.05) is 12.1 Å². The Morgan fingerprint density at radius 1 is 0.763 bits per heavy atom. The van der Waals surface area contributed by atoms with Crippen molar-refractivity contribution in [3.63, 3.8) is 0 Å². The van der Waals surface area contributed by atoms with E-state index in [0.717, 1.165) is 12.1 Å². The lowest BCUT2D eigenvalue weighted by Crippen LogP contribution is -2.61. The first-order valence-electron chi connectivity index (χ1n) is 17.8. The second kappa shape index (κ2) is 18.2. The second-order valence-electron chi connectivity index (χ2n) is 13.4. The summed E-state index contributed by atoms with van der Waals surface area (Å²) in [4.78, 5) is 46.1. The molecular weight excluding hydrogens is 788 g/mol. The number of aliphatic hydroxyl groups is 6. The van der Waals surface area contributed by atoms with E-state index in [1.807, 2.05) is 0 Å². The van der Waals surface area contributed by atoms with E-state index in [0.29, 0.717) is 5.56 Å². The highest BCUT2D eigenvalue weighted by atomic mass is 16.7. The van der Waals surface area contributed by atoms with Gasteiger partial charge in [-0.15, -0.1) is 0 Å². The van der Waals surface area contributed by atoms with Crippen LogP contribution in [0, 0.1) is 0 Å². The van der Waals surface area contributed by atoms with Gasteiger partial charge in [0.25, 0.3) is 0 Å². The average molecular weight is 828 g/mol. The molecule has 0 aromatic heterocycles. The van der Waals surface area contributed by atoms with Crippen molar-refractivity contribution in [1.29, 1.82) is 0 Å². The van der Waals surface area contributed by atoms with E-state index < -0.39 is 104 Å². The van der Waals surface area contributed by atoms with Crippen LogP contribution in [0.2, 0.25) is 0 Å². The third kappa shape index (κ3) is 9.96. The maximum absolute atomic E-state index is 12.9. The number of phenols is 2. The summed E-state index contributed by atoms with van der Waals surface area (Å²) >= 11 is 0. The highest BCUT2D eigenvalue weighted by Gasteiger charge is 2.49. The molecule has 0 amide bonds. The zero-order valence-electron chi connectivity index (χ0n) is 30.5. The van der Waals surface area contributed by atoms with Crippen LogP contribution in [0.4, 0.5) is 0 Å². The normalized spacial score (nSPS) is 26.9. The first-order chi connectivity index (χ1) is 28.1. The highest BCUT2D eigenvalue weighted by Crippen LogP contribution is 2.43. The Morgan fingerprint density at radius 2 is 1.37 bits per heavy atom. The number of carbonyl (C=O) groups excluding carboxylic acids is 2. The molecule has 4 aliphatic rings. The molecular formula is C39H39O20+. The van der Waals surface area contributed by atoms with Gasteiger partial charge in [-0.3, -0.25) is 14.4 Å². The Labute approximate surface area is 332 Å². The molecule has 2 fully saturated rings. The number of aliphatic hydroxyl groups excluding tert-OH is 6. The number of carboxylic acid groups (broad SMARTS) is 1. The zero-order chi connectivity index (χ0) is 42.5. The summed E-state index contributed by atoms with van der Waals surface area (Å²) in [7, 11) is 0. The van der Waals surface area contributed by atoms with Crippen LogP contribution < -0.4 is 14.9 Å². The lowest BCUT2D eigenvalue weighted by Gasteiger charge is -2.41. The van der Waals surface area contributed by atoms with E-state index in [2.05, 4.69) is 0 Å². The van der Waals surface area contributed by atoms with Gasteiger partial charge in [0, 0.05) is 17.7 Å². The number of phenolic OH excluding ortho intramolecular Hbond substituents is 2. The van der Waals surface area contributed by atoms with E-state index in [1.165, 1.54) is 54.6 Å². The number of fused-ring (bicyclic) bond motifs is 1. The molecule has 0 saturated carbocycles. The fourth-order valence-electron chi connectivity index (χ4n) is 6.14. The quantitative estimate of drug-likeness (QED) is 0.0353. The molecule has 3 heterocycles. The monoisotopic (exact) mass is 827 g/mol. The molecule has 1 aliphatic carbocycles. The summed E-state index contributed by atoms with van der Waals surface area (Å²) in [5.41, 5.74) is 0.126. The molecule has 10 N–H and O–H groups in total. The molecule has 10 unspecified atom stereocenters. The van der Waals surface area contributed by atoms with Gasteiger partial charge in [0.15, 0.2) is 29.1 Å². The predicted octanol–water partition coefficient (Wildman–Crippen LogP) is -0.554. The lowest BCUT2D eigenvalue weighted by molar-refractivity contribution is -0.281. The van der Waals surface area contributed by atoms with Crippen molar-refractivity contribution in [1.82, 2.24) is 0 Å². The van der Waals surface area contributed by atoms with Crippen LogP contribution in [0.3, 0.4) is 0 Å². The summed E-state index contributed by atoms with van der Waals surface area (Å²) < 4.78 is 39.6. The van der Waals surface area contributed by atoms with E-state index >= 15 is 0 Å². The summed E-state index contributed by atoms with van der Waals surface area (Å²) in [6, 6.07) is 14.7. The van der Waals surface area contributed by atoms with Crippen molar-refractivity contribution in [2.24, 2.45) is 0 Å². The molecule has 314 valence electrons. The average Bonchev–Trinajstić information content (AvgIpc) is 3.20. The van der Waals surface area contributed by atoms with E-state index in [-0.39, 0.29) is 45.6 Å². The molecule has 59 heavy (non-hydrogen) atoms. The topological polar surface area (TPSA) is 323 Å². The summed E-state index contributed by atoms with van der Waals surface area (Å²) in [6.45, 7) is -1.46. The number of aliphatic carboxylic acids is 1. The predicted molar refractivity (Wildman–Crippen MR) is 197 cm³/mol. The Bertz CT molecular complexity index is 2160. The van der Waals surface area contributed by atoms with E-state index in [1.54, 1.807) is 12.1 Å². The van der Waals surface area contributed by atoms with Crippen LogP contribution in [0.5, 0.6) is 23.0 Å². The summed E-state index contributed by atoms with van der Waals surface area (Å²) in [5, 5.41) is 92.4. The van der Waals surface area contributed by atoms with E-state index in [4.69, 9.17) is 37.9 Å². The number of hydrogen-bond acceptors (Lipinski definition) is 18. The van der Waals surface area contributed by atoms with Crippen molar-refractivity contribution in [2.75, 3.05) is 13.2 Å². The number of aromatic hydroxyl groups is 2. The van der Waals surface area contributed by atoms with Gasteiger partial charge in [-0.2, -0.15) is 0 Å². The van der Waals surface area contributed by atoms with Crippen molar-refractivity contribution in [3.05, 3.63) is 88.6 Å². The molecule has 0 radical (unpaired) electrons. The molecule has 10 atom stereocenters. The lowest BCUT2D eigenvalue weighted by atomic mass is 9.98. The number of carbonyl (C=O) groups is 2. The maximum Gasteiger partial charge on any atom is 0.510 e. The fraction of sp³-hybridized carbons (Fsp3) is 0.333. The smallest absolute Gasteiger partial charge is 0.508 e.